The number of piperidine rings is 1. The predicted octanol–water partition coefficient (Wildman–Crippen LogP) is 4.23. The van der Waals surface area contributed by atoms with Gasteiger partial charge in [0.1, 0.15) is 22.2 Å². The van der Waals surface area contributed by atoms with Crippen LogP contribution in [-0.4, -0.2) is 32.7 Å². The van der Waals surface area contributed by atoms with Gasteiger partial charge in [0.05, 0.1) is 11.6 Å². The molecule has 3 heterocycles. The highest BCUT2D eigenvalue weighted by molar-refractivity contribution is 6.42. The highest BCUT2D eigenvalue weighted by Gasteiger charge is 2.45. The molecule has 0 amide bonds. The number of nitrogens with two attached hydrogens (primary N) is 1. The van der Waals surface area contributed by atoms with Gasteiger partial charge in [0.2, 0.25) is 5.88 Å². The Morgan fingerprint density at radius 2 is 1.93 bits per heavy atom. The van der Waals surface area contributed by atoms with E-state index in [0.717, 1.165) is 31.5 Å². The Labute approximate surface area is 174 Å². The van der Waals surface area contributed by atoms with Crippen LogP contribution in [-0.2, 0) is 6.61 Å². The first kappa shape index (κ1) is 19.7. The molecule has 1 aromatic heterocycles. The minimum absolute atomic E-state index is 0.156. The minimum Gasteiger partial charge on any atom is -0.436 e. The van der Waals surface area contributed by atoms with Crippen molar-refractivity contribution < 1.29 is 9.84 Å². The van der Waals surface area contributed by atoms with Crippen LogP contribution in [0.5, 0.6) is 11.6 Å². The summed E-state index contributed by atoms with van der Waals surface area (Å²) in [5.41, 5.74) is 7.39. The minimum atomic E-state index is -0.224. The van der Waals surface area contributed by atoms with Crippen molar-refractivity contribution in [2.45, 2.75) is 63.8 Å². The number of benzene rings is 1. The van der Waals surface area contributed by atoms with Crippen molar-refractivity contribution in [1.29, 1.82) is 0 Å². The zero-order valence-electron chi connectivity index (χ0n) is 16.0. The van der Waals surface area contributed by atoms with E-state index < -0.39 is 0 Å². The molecule has 2 aromatic rings. The van der Waals surface area contributed by atoms with Crippen LogP contribution in [0.4, 0.5) is 5.82 Å². The van der Waals surface area contributed by atoms with Crippen molar-refractivity contribution in [2.75, 3.05) is 4.90 Å². The second-order valence-electron chi connectivity index (χ2n) is 8.05. The van der Waals surface area contributed by atoms with E-state index in [4.69, 9.17) is 38.7 Å². The molecule has 8 heteroatoms. The first-order chi connectivity index (χ1) is 13.3. The van der Waals surface area contributed by atoms with Gasteiger partial charge in [-0.25, -0.2) is 9.97 Å². The third-order valence-corrected chi connectivity index (χ3v) is 6.42. The molecule has 28 heavy (non-hydrogen) atoms. The fraction of sp³-hybridized carbons (Fsp3) is 0.500. The van der Waals surface area contributed by atoms with E-state index in [0.29, 0.717) is 45.1 Å². The van der Waals surface area contributed by atoms with Gasteiger partial charge in [-0.2, -0.15) is 0 Å². The maximum Gasteiger partial charge on any atom is 0.241 e. The highest BCUT2D eigenvalue weighted by atomic mass is 35.5. The van der Waals surface area contributed by atoms with Crippen molar-refractivity contribution in [1.82, 2.24) is 9.97 Å². The Kier molecular flexibility index (Phi) is 5.16. The summed E-state index contributed by atoms with van der Waals surface area (Å²) in [6, 6.07) is 5.80. The van der Waals surface area contributed by atoms with E-state index in [1.165, 1.54) is 0 Å². The van der Waals surface area contributed by atoms with E-state index in [1.807, 2.05) is 6.92 Å². The topological polar surface area (TPSA) is 84.5 Å². The van der Waals surface area contributed by atoms with Crippen LogP contribution in [0.1, 0.15) is 44.0 Å². The van der Waals surface area contributed by atoms with Crippen molar-refractivity contribution >= 4 is 29.0 Å². The van der Waals surface area contributed by atoms with Crippen molar-refractivity contribution in [2.24, 2.45) is 5.73 Å². The lowest BCUT2D eigenvalue weighted by Crippen LogP contribution is -2.54. The molecule has 2 atom stereocenters. The standard InChI is InChI=1S/C20H24Cl2N4O2/c1-11-19(28-16-5-3-4-14(21)17(16)22)25-15(10-27)18(24-11)26-12-6-7-13(26)9-20(2,23)8-12/h3-5,12-13,27H,6-10,23H2,1-2H3. The van der Waals surface area contributed by atoms with Crippen molar-refractivity contribution in [3.05, 3.63) is 39.6 Å². The monoisotopic (exact) mass is 422 g/mol. The molecule has 6 nitrogen and oxygen atoms in total. The number of aliphatic hydroxyl groups is 1. The molecule has 2 fully saturated rings. The zero-order chi connectivity index (χ0) is 20.1. The Hall–Kier alpha value is -1.60. The van der Waals surface area contributed by atoms with Crippen LogP contribution in [0.15, 0.2) is 18.2 Å². The summed E-state index contributed by atoms with van der Waals surface area (Å²) in [7, 11) is 0. The Balaban J connectivity index is 1.68. The maximum absolute atomic E-state index is 9.97. The lowest BCUT2D eigenvalue weighted by atomic mass is 9.85. The Bertz CT molecular complexity index is 890. The highest BCUT2D eigenvalue weighted by Crippen LogP contribution is 2.43. The Morgan fingerprint density at radius 1 is 1.25 bits per heavy atom. The molecule has 2 saturated heterocycles. The number of ether oxygens (including phenoxy) is 1. The van der Waals surface area contributed by atoms with Crippen LogP contribution in [0.25, 0.3) is 0 Å². The molecular formula is C20H24Cl2N4O2. The molecule has 2 bridgehead atoms. The summed E-state index contributed by atoms with van der Waals surface area (Å²) in [5, 5.41) is 10.7. The number of halogens is 2. The van der Waals surface area contributed by atoms with Gasteiger partial charge in [0.15, 0.2) is 5.82 Å². The molecule has 2 unspecified atom stereocenters. The molecule has 0 spiro atoms. The van der Waals surface area contributed by atoms with E-state index in [-0.39, 0.29) is 12.1 Å². The van der Waals surface area contributed by atoms with Gasteiger partial charge in [-0.15, -0.1) is 0 Å². The summed E-state index contributed by atoms with van der Waals surface area (Å²) in [6.07, 6.45) is 3.98. The zero-order valence-corrected chi connectivity index (χ0v) is 17.5. The average Bonchev–Trinajstić information content (AvgIpc) is 2.92. The number of rotatable bonds is 4. The summed E-state index contributed by atoms with van der Waals surface area (Å²) in [6.45, 7) is 3.73. The third-order valence-electron chi connectivity index (χ3n) is 5.62. The third kappa shape index (κ3) is 3.54. The number of nitrogens with zero attached hydrogens (tertiary/aromatic N) is 3. The second-order valence-corrected chi connectivity index (χ2v) is 8.84. The van der Waals surface area contributed by atoms with Gasteiger partial charge in [0, 0.05) is 17.6 Å². The molecule has 0 radical (unpaired) electrons. The van der Waals surface area contributed by atoms with Gasteiger partial charge in [-0.05, 0) is 51.7 Å². The molecule has 2 aliphatic rings. The van der Waals surface area contributed by atoms with Crippen LogP contribution >= 0.6 is 23.2 Å². The summed E-state index contributed by atoms with van der Waals surface area (Å²) in [4.78, 5) is 11.6. The largest absolute Gasteiger partial charge is 0.436 e. The normalized spacial score (nSPS) is 26.6. The first-order valence-corrected chi connectivity index (χ1v) is 10.2. The fourth-order valence-corrected chi connectivity index (χ4v) is 4.80. The van der Waals surface area contributed by atoms with Crippen LogP contribution < -0.4 is 15.4 Å². The van der Waals surface area contributed by atoms with Gasteiger partial charge in [-0.3, -0.25) is 0 Å². The van der Waals surface area contributed by atoms with Gasteiger partial charge < -0.3 is 20.5 Å². The Morgan fingerprint density at radius 3 is 2.57 bits per heavy atom. The molecule has 4 rings (SSSR count). The molecule has 150 valence electrons. The van der Waals surface area contributed by atoms with Crippen LogP contribution in [0.3, 0.4) is 0 Å². The van der Waals surface area contributed by atoms with Crippen molar-refractivity contribution in [3.63, 3.8) is 0 Å². The van der Waals surface area contributed by atoms with E-state index in [2.05, 4.69) is 16.8 Å². The van der Waals surface area contributed by atoms with Gasteiger partial charge in [-0.1, -0.05) is 29.3 Å². The van der Waals surface area contributed by atoms with E-state index in [1.54, 1.807) is 18.2 Å². The molecular weight excluding hydrogens is 399 g/mol. The predicted molar refractivity (Wildman–Crippen MR) is 110 cm³/mol. The lowest BCUT2D eigenvalue weighted by Gasteiger charge is -2.44. The van der Waals surface area contributed by atoms with E-state index in [9.17, 15) is 5.11 Å². The number of hydrogen-bond donors (Lipinski definition) is 2. The number of aryl methyl sites for hydroxylation is 1. The summed E-state index contributed by atoms with van der Waals surface area (Å²) >= 11 is 12.3. The summed E-state index contributed by atoms with van der Waals surface area (Å²) in [5.74, 6) is 1.44. The number of fused-ring (bicyclic) bond motifs is 2. The lowest BCUT2D eigenvalue weighted by molar-refractivity contribution is 0.270. The quantitative estimate of drug-likeness (QED) is 0.766. The van der Waals surface area contributed by atoms with Crippen LogP contribution in [0.2, 0.25) is 10.0 Å². The molecule has 3 N–H and O–H groups in total. The fourth-order valence-electron chi connectivity index (χ4n) is 4.47. The second kappa shape index (κ2) is 7.34. The SMILES string of the molecule is Cc1nc(N2C3CCC2CC(C)(N)C3)c(CO)nc1Oc1cccc(Cl)c1Cl. The number of anilines is 1. The van der Waals surface area contributed by atoms with Gasteiger partial charge in [0.25, 0.3) is 0 Å². The number of hydrogen-bond acceptors (Lipinski definition) is 6. The number of aliphatic hydroxyl groups excluding tert-OH is 1. The van der Waals surface area contributed by atoms with Crippen molar-refractivity contribution in [3.8, 4) is 11.6 Å². The molecule has 1 aromatic carbocycles. The summed E-state index contributed by atoms with van der Waals surface area (Å²) < 4.78 is 5.87. The molecule has 0 saturated carbocycles. The maximum atomic E-state index is 9.97. The number of aromatic nitrogens is 2. The molecule has 2 aliphatic heterocycles. The molecule has 0 aliphatic carbocycles. The van der Waals surface area contributed by atoms with Crippen LogP contribution in [0, 0.1) is 6.92 Å². The van der Waals surface area contributed by atoms with Gasteiger partial charge >= 0.3 is 0 Å². The average molecular weight is 423 g/mol. The van der Waals surface area contributed by atoms with E-state index >= 15 is 0 Å². The smallest absolute Gasteiger partial charge is 0.241 e. The first-order valence-electron chi connectivity index (χ1n) is 9.46.